The quantitative estimate of drug-likeness (QED) is 0.0587. The van der Waals surface area contributed by atoms with Gasteiger partial charge in [0, 0.05) is 37.8 Å². The Hall–Kier alpha value is -7.11. The highest BCUT2D eigenvalue weighted by Crippen LogP contribution is 2.27. The second-order valence-corrected chi connectivity index (χ2v) is 16.5. The first kappa shape index (κ1) is 49.9. The number of imidazole rings is 1. The van der Waals surface area contributed by atoms with Crippen molar-refractivity contribution in [1.82, 2.24) is 57.0 Å². The molecule has 3 fully saturated rings. The van der Waals surface area contributed by atoms with Gasteiger partial charge in [0.25, 0.3) is 0 Å². The van der Waals surface area contributed by atoms with Crippen LogP contribution in [-0.4, -0.2) is 169 Å². The minimum Gasteiger partial charge on any atom is -0.508 e. The van der Waals surface area contributed by atoms with E-state index in [1.54, 1.807) is 4.90 Å². The average Bonchev–Trinajstić information content (AvgIpc) is 4.13. The summed E-state index contributed by atoms with van der Waals surface area (Å²) in [6, 6.07) is -3.57. The Bertz CT molecular complexity index is 2110. The fraction of sp³-hybridized carbons (Fsp3) is 0.548. The van der Waals surface area contributed by atoms with Gasteiger partial charge < -0.3 is 67.3 Å². The molecular weight excluding hydrogens is 867 g/mol. The van der Waals surface area contributed by atoms with E-state index in [4.69, 9.17) is 5.11 Å². The molecule has 4 heterocycles. The molecule has 5 rings (SSSR count). The molecule has 8 amide bonds. The molecule has 66 heavy (non-hydrogen) atoms. The van der Waals surface area contributed by atoms with Crippen LogP contribution in [-0.2, 0) is 60.8 Å². The lowest BCUT2D eigenvalue weighted by Crippen LogP contribution is -2.59. The number of amides is 8. The van der Waals surface area contributed by atoms with Crippen molar-refractivity contribution in [3.8, 4) is 5.75 Å². The van der Waals surface area contributed by atoms with E-state index >= 15 is 0 Å². The van der Waals surface area contributed by atoms with E-state index in [1.165, 1.54) is 55.5 Å². The number of aromatic hydroxyl groups is 1. The molecular formula is C42H57N11O13. The Morgan fingerprint density at radius 1 is 0.712 bits per heavy atom. The van der Waals surface area contributed by atoms with Crippen LogP contribution in [0.3, 0.4) is 0 Å². The van der Waals surface area contributed by atoms with Crippen molar-refractivity contribution in [1.29, 1.82) is 0 Å². The number of hydrogen-bond acceptors (Lipinski definition) is 13. The third-order valence-corrected chi connectivity index (χ3v) is 11.6. The highest BCUT2D eigenvalue weighted by Gasteiger charge is 2.44. The predicted octanol–water partition coefficient (Wildman–Crippen LogP) is -3.23. The molecule has 24 nitrogen and oxygen atoms in total. The van der Waals surface area contributed by atoms with E-state index in [1.807, 2.05) is 0 Å². The molecule has 1 aromatic carbocycles. The topological polar surface area (TPSA) is 351 Å². The summed E-state index contributed by atoms with van der Waals surface area (Å²) in [5.74, 6) is -8.81. The summed E-state index contributed by atoms with van der Waals surface area (Å²) in [4.78, 5) is 140. The maximum absolute atomic E-state index is 14.0. The molecule has 11 N–H and O–H groups in total. The van der Waals surface area contributed by atoms with Crippen molar-refractivity contribution in [2.75, 3.05) is 26.2 Å². The monoisotopic (exact) mass is 923 g/mol. The van der Waals surface area contributed by atoms with Crippen molar-refractivity contribution in [3.63, 3.8) is 0 Å². The molecule has 1 aromatic heterocycles. The van der Waals surface area contributed by atoms with Crippen LogP contribution in [0.2, 0.25) is 0 Å². The van der Waals surface area contributed by atoms with Gasteiger partial charge in [-0.25, -0.2) is 4.98 Å². The van der Waals surface area contributed by atoms with Crippen molar-refractivity contribution < 1.29 is 63.3 Å². The first-order chi connectivity index (χ1) is 31.4. The molecule has 8 atom stereocenters. The number of carboxylic acids is 2. The van der Waals surface area contributed by atoms with Crippen LogP contribution in [0.25, 0.3) is 0 Å². The SMILES string of the molecule is C[C@H](NC(=O)CNC(=O)[C@H](Cc1cnc[nH]1)NC(=O)[C@H](CC(=O)O)NC(=O)[C@H](C)NC(=O)[C@H](Cc1ccc(O)cc1)NC(=O)[C@@H]1CCCN1C(=O)[C@@H]1CCCN1C(=O)[C@@H]1CCCN1)C(=O)O. The number of aliphatic carboxylic acids is 2. The minimum atomic E-state index is -1.80. The van der Waals surface area contributed by atoms with Gasteiger partial charge in [-0.05, 0) is 76.6 Å². The Morgan fingerprint density at radius 2 is 1.35 bits per heavy atom. The van der Waals surface area contributed by atoms with Gasteiger partial charge >= 0.3 is 11.9 Å². The van der Waals surface area contributed by atoms with Gasteiger partial charge in [0.15, 0.2) is 0 Å². The van der Waals surface area contributed by atoms with Crippen LogP contribution in [0.4, 0.5) is 0 Å². The average molecular weight is 924 g/mol. The molecule has 0 unspecified atom stereocenters. The van der Waals surface area contributed by atoms with Crippen LogP contribution < -0.4 is 37.2 Å². The standard InChI is InChI=1S/C42H57N11O13/c1-22(35(58)49-30(18-34(56)57)38(61)50-29(17-25-19-43-21-46-25)36(59)45-20-33(55)47-23(2)42(65)66)48-37(60)28(16-24-9-11-26(54)12-10-24)51-39(62)31-7-4-14-52(31)41(64)32-8-5-15-53(32)40(63)27-6-3-13-44-27/h9-12,19,21-23,27-32,44,54H,3-8,13-18,20H2,1-2H3,(H,43,46)(H,45,59)(H,47,55)(H,48,60)(H,49,58)(H,50,61)(H,51,62)(H,56,57)(H,65,66)/t22-,23-,27-,28-,29-,30-,31-,32-/m0/s1. The summed E-state index contributed by atoms with van der Waals surface area (Å²) in [6.07, 6.45) is 4.69. The summed E-state index contributed by atoms with van der Waals surface area (Å²) in [5.41, 5.74) is 0.854. The molecule has 3 aliphatic rings. The molecule has 358 valence electrons. The van der Waals surface area contributed by atoms with Crippen LogP contribution in [0.15, 0.2) is 36.8 Å². The normalized spacial score (nSPS) is 20.2. The molecule has 24 heteroatoms. The maximum atomic E-state index is 14.0. The minimum absolute atomic E-state index is 0.0550. The smallest absolute Gasteiger partial charge is 0.325 e. The fourth-order valence-corrected chi connectivity index (χ4v) is 8.02. The number of H-pyrrole nitrogens is 1. The summed E-state index contributed by atoms with van der Waals surface area (Å²) >= 11 is 0. The van der Waals surface area contributed by atoms with E-state index in [-0.39, 0.29) is 49.4 Å². The Kier molecular flexibility index (Phi) is 17.5. The van der Waals surface area contributed by atoms with Gasteiger partial charge in [0.05, 0.1) is 25.3 Å². The van der Waals surface area contributed by atoms with E-state index in [2.05, 4.69) is 47.2 Å². The van der Waals surface area contributed by atoms with E-state index < -0.39 is 103 Å². The zero-order chi connectivity index (χ0) is 48.1. The van der Waals surface area contributed by atoms with Gasteiger partial charge in [-0.2, -0.15) is 0 Å². The molecule has 0 aliphatic carbocycles. The number of phenols is 1. The number of phenolic OH excluding ortho intramolecular Hbond substituents is 1. The number of benzene rings is 1. The number of likely N-dealkylation sites (tertiary alicyclic amines) is 2. The number of aromatic amines is 1. The molecule has 0 spiro atoms. The number of carbonyl (C=O) groups is 10. The summed E-state index contributed by atoms with van der Waals surface area (Å²) in [5, 5.41) is 46.0. The molecule has 3 aliphatic heterocycles. The number of rotatable bonds is 21. The number of carbonyl (C=O) groups excluding carboxylic acids is 8. The number of hydrogen-bond donors (Lipinski definition) is 11. The summed E-state index contributed by atoms with van der Waals surface area (Å²) < 4.78 is 0. The van der Waals surface area contributed by atoms with Crippen molar-refractivity contribution in [2.45, 2.75) is 120 Å². The van der Waals surface area contributed by atoms with Gasteiger partial charge in [-0.1, -0.05) is 12.1 Å². The zero-order valence-electron chi connectivity index (χ0n) is 36.5. The number of nitrogens with zero attached hydrogens (tertiary/aromatic N) is 3. The largest absolute Gasteiger partial charge is 0.508 e. The highest BCUT2D eigenvalue weighted by atomic mass is 16.4. The van der Waals surface area contributed by atoms with Gasteiger partial charge in [-0.3, -0.25) is 47.9 Å². The van der Waals surface area contributed by atoms with Gasteiger partial charge in [0.2, 0.25) is 47.3 Å². The molecule has 3 saturated heterocycles. The first-order valence-electron chi connectivity index (χ1n) is 21.7. The van der Waals surface area contributed by atoms with Crippen molar-refractivity contribution >= 4 is 59.2 Å². The zero-order valence-corrected chi connectivity index (χ0v) is 36.5. The highest BCUT2D eigenvalue weighted by molar-refractivity contribution is 5.98. The van der Waals surface area contributed by atoms with E-state index in [0.717, 1.165) is 6.42 Å². The molecule has 0 bridgehead atoms. The van der Waals surface area contributed by atoms with Crippen LogP contribution >= 0.6 is 0 Å². The Morgan fingerprint density at radius 3 is 1.97 bits per heavy atom. The lowest BCUT2D eigenvalue weighted by Gasteiger charge is -2.32. The van der Waals surface area contributed by atoms with Crippen LogP contribution in [0.1, 0.15) is 70.1 Å². The third-order valence-electron chi connectivity index (χ3n) is 11.6. The van der Waals surface area contributed by atoms with Gasteiger partial charge in [-0.15, -0.1) is 0 Å². The fourth-order valence-electron chi connectivity index (χ4n) is 8.02. The van der Waals surface area contributed by atoms with Crippen LogP contribution in [0, 0.1) is 0 Å². The Balaban J connectivity index is 1.25. The molecule has 0 radical (unpaired) electrons. The summed E-state index contributed by atoms with van der Waals surface area (Å²) in [7, 11) is 0. The molecule has 2 aromatic rings. The first-order valence-corrected chi connectivity index (χ1v) is 21.7. The van der Waals surface area contributed by atoms with E-state index in [9.17, 15) is 58.2 Å². The van der Waals surface area contributed by atoms with Crippen molar-refractivity contribution in [3.05, 3.63) is 48.0 Å². The van der Waals surface area contributed by atoms with Crippen LogP contribution in [0.5, 0.6) is 5.75 Å². The Labute approximate surface area is 378 Å². The number of carboxylic acid groups (broad SMARTS) is 2. The summed E-state index contributed by atoms with van der Waals surface area (Å²) in [6.45, 7) is 3.17. The lowest BCUT2D eigenvalue weighted by atomic mass is 10.0. The van der Waals surface area contributed by atoms with Gasteiger partial charge in [0.1, 0.15) is 48.0 Å². The maximum Gasteiger partial charge on any atom is 0.325 e. The number of nitrogens with one attached hydrogen (secondary N) is 8. The second-order valence-electron chi connectivity index (χ2n) is 16.5. The second kappa shape index (κ2) is 23.2. The van der Waals surface area contributed by atoms with Crippen molar-refractivity contribution in [2.24, 2.45) is 0 Å². The molecule has 0 saturated carbocycles. The predicted molar refractivity (Wildman–Crippen MR) is 228 cm³/mol. The number of aromatic nitrogens is 2. The lowest BCUT2D eigenvalue weighted by molar-refractivity contribution is -0.147. The van der Waals surface area contributed by atoms with E-state index in [0.29, 0.717) is 50.0 Å². The third kappa shape index (κ3) is 13.7.